The standard InChI is InChI=1S/C12H15N3O5S/c13-3-10(17)19-6-8-1-2-9(20-8)15-4-7(5-16)11(21)14-12(15)18/h4-5,8-9H,1-3,6,13H2,(H,14,18,21). The molecular weight excluding hydrogens is 298 g/mol. The molecule has 9 heteroatoms. The summed E-state index contributed by atoms with van der Waals surface area (Å²) in [6.07, 6.45) is 2.30. The van der Waals surface area contributed by atoms with E-state index in [9.17, 15) is 14.4 Å². The van der Waals surface area contributed by atoms with E-state index >= 15 is 0 Å². The highest BCUT2D eigenvalue weighted by atomic mass is 32.1. The molecule has 1 aromatic rings. The molecule has 2 heterocycles. The number of aromatic amines is 1. The van der Waals surface area contributed by atoms with E-state index in [-0.39, 0.29) is 29.5 Å². The molecule has 114 valence electrons. The molecule has 0 aromatic carbocycles. The van der Waals surface area contributed by atoms with Crippen molar-refractivity contribution >= 4 is 24.5 Å². The van der Waals surface area contributed by atoms with Gasteiger partial charge >= 0.3 is 11.7 Å². The molecule has 2 unspecified atom stereocenters. The van der Waals surface area contributed by atoms with E-state index in [0.717, 1.165) is 0 Å². The first-order chi connectivity index (χ1) is 10.0. The minimum atomic E-state index is -0.523. The van der Waals surface area contributed by atoms with Gasteiger partial charge in [-0.2, -0.15) is 0 Å². The molecular formula is C12H15N3O5S. The van der Waals surface area contributed by atoms with Crippen molar-refractivity contribution in [2.24, 2.45) is 5.73 Å². The highest BCUT2D eigenvalue weighted by Gasteiger charge is 2.28. The Morgan fingerprint density at radius 2 is 2.38 bits per heavy atom. The summed E-state index contributed by atoms with van der Waals surface area (Å²) in [5.41, 5.74) is 4.90. The zero-order valence-corrected chi connectivity index (χ0v) is 11.9. The number of carbonyl (C=O) groups excluding carboxylic acids is 2. The summed E-state index contributed by atoms with van der Waals surface area (Å²) in [6.45, 7) is -0.0990. The van der Waals surface area contributed by atoms with E-state index in [0.29, 0.717) is 19.1 Å². The van der Waals surface area contributed by atoms with Crippen LogP contribution >= 0.6 is 12.2 Å². The third-order valence-electron chi connectivity index (χ3n) is 3.11. The lowest BCUT2D eigenvalue weighted by Gasteiger charge is -2.16. The maximum atomic E-state index is 11.9. The van der Waals surface area contributed by atoms with Gasteiger partial charge in [-0.15, -0.1) is 0 Å². The second-order valence-corrected chi connectivity index (χ2v) is 4.95. The van der Waals surface area contributed by atoms with E-state index in [1.165, 1.54) is 10.8 Å². The topological polar surface area (TPSA) is 116 Å². The van der Waals surface area contributed by atoms with Crippen LogP contribution in [0.15, 0.2) is 11.0 Å². The van der Waals surface area contributed by atoms with Gasteiger partial charge in [0.25, 0.3) is 0 Å². The Balaban J connectivity index is 2.08. The van der Waals surface area contributed by atoms with Crippen LogP contribution in [0.1, 0.15) is 29.4 Å². The Hall–Kier alpha value is -1.84. The van der Waals surface area contributed by atoms with Gasteiger partial charge in [0.05, 0.1) is 18.2 Å². The number of hydrogen-bond donors (Lipinski definition) is 2. The highest BCUT2D eigenvalue weighted by Crippen LogP contribution is 2.27. The van der Waals surface area contributed by atoms with Gasteiger partial charge < -0.3 is 15.2 Å². The molecule has 0 aliphatic carbocycles. The fraction of sp³-hybridized carbons (Fsp3) is 0.500. The van der Waals surface area contributed by atoms with Gasteiger partial charge in [-0.1, -0.05) is 12.2 Å². The molecule has 2 rings (SSSR count). The van der Waals surface area contributed by atoms with Crippen molar-refractivity contribution in [3.05, 3.63) is 26.9 Å². The van der Waals surface area contributed by atoms with E-state index < -0.39 is 17.9 Å². The predicted octanol–water partition coefficient (Wildman–Crippen LogP) is -0.102. The van der Waals surface area contributed by atoms with Crippen molar-refractivity contribution in [1.82, 2.24) is 9.55 Å². The monoisotopic (exact) mass is 313 g/mol. The summed E-state index contributed by atoms with van der Waals surface area (Å²) < 4.78 is 11.9. The lowest BCUT2D eigenvalue weighted by molar-refractivity contribution is -0.146. The first kappa shape index (κ1) is 15.5. The first-order valence-corrected chi connectivity index (χ1v) is 6.77. The van der Waals surface area contributed by atoms with Crippen LogP contribution < -0.4 is 11.4 Å². The van der Waals surface area contributed by atoms with Gasteiger partial charge in [-0.05, 0) is 12.8 Å². The molecule has 1 aliphatic heterocycles. The number of carbonyl (C=O) groups is 2. The van der Waals surface area contributed by atoms with Crippen molar-refractivity contribution < 1.29 is 19.1 Å². The van der Waals surface area contributed by atoms with E-state index in [4.69, 9.17) is 27.4 Å². The number of nitrogens with zero attached hydrogens (tertiary/aromatic N) is 1. The Labute approximate surface area is 124 Å². The van der Waals surface area contributed by atoms with Crippen LogP contribution in [0.5, 0.6) is 0 Å². The zero-order valence-electron chi connectivity index (χ0n) is 11.1. The minimum Gasteiger partial charge on any atom is -0.462 e. The third kappa shape index (κ3) is 3.63. The summed E-state index contributed by atoms with van der Waals surface area (Å²) in [7, 11) is 0. The normalized spacial score (nSPS) is 21.2. The molecule has 0 amide bonds. The molecule has 0 spiro atoms. The second-order valence-electron chi connectivity index (χ2n) is 4.55. The van der Waals surface area contributed by atoms with Gasteiger partial charge in [0.1, 0.15) is 17.5 Å². The molecule has 0 saturated carbocycles. The van der Waals surface area contributed by atoms with Crippen LogP contribution in [0.2, 0.25) is 0 Å². The predicted molar refractivity (Wildman–Crippen MR) is 74.4 cm³/mol. The third-order valence-corrected chi connectivity index (χ3v) is 3.45. The Kier molecular flexibility index (Phi) is 4.99. The largest absolute Gasteiger partial charge is 0.462 e. The molecule has 1 saturated heterocycles. The van der Waals surface area contributed by atoms with Gasteiger partial charge in [0.15, 0.2) is 6.29 Å². The molecule has 0 bridgehead atoms. The van der Waals surface area contributed by atoms with E-state index in [1.807, 2.05) is 0 Å². The van der Waals surface area contributed by atoms with Crippen molar-refractivity contribution in [2.75, 3.05) is 13.2 Å². The van der Waals surface area contributed by atoms with Crippen LogP contribution in [0, 0.1) is 4.64 Å². The van der Waals surface area contributed by atoms with Crippen LogP contribution in [-0.4, -0.2) is 41.1 Å². The number of hydrogen-bond acceptors (Lipinski definition) is 7. The molecule has 0 radical (unpaired) electrons. The van der Waals surface area contributed by atoms with Crippen molar-refractivity contribution in [2.45, 2.75) is 25.2 Å². The summed E-state index contributed by atoms with van der Waals surface area (Å²) in [4.78, 5) is 36.1. The average molecular weight is 313 g/mol. The number of ether oxygens (including phenoxy) is 2. The second kappa shape index (κ2) is 6.74. The Bertz CT molecular complexity index is 653. The van der Waals surface area contributed by atoms with Crippen LogP contribution in [0.25, 0.3) is 0 Å². The van der Waals surface area contributed by atoms with Crippen LogP contribution in [-0.2, 0) is 14.3 Å². The SMILES string of the molecule is NCC(=O)OCC1CCC(n2cc(C=O)c(=S)[nH]c2=O)O1. The van der Waals surface area contributed by atoms with Gasteiger partial charge in [-0.25, -0.2) is 4.79 Å². The van der Waals surface area contributed by atoms with Crippen molar-refractivity contribution in [3.63, 3.8) is 0 Å². The molecule has 1 fully saturated rings. The van der Waals surface area contributed by atoms with E-state index in [2.05, 4.69) is 4.98 Å². The number of aldehydes is 1. The summed E-state index contributed by atoms with van der Waals surface area (Å²) in [6, 6.07) is 0. The zero-order chi connectivity index (χ0) is 15.4. The molecule has 1 aromatic heterocycles. The fourth-order valence-electron chi connectivity index (χ4n) is 2.06. The van der Waals surface area contributed by atoms with E-state index in [1.54, 1.807) is 0 Å². The first-order valence-electron chi connectivity index (χ1n) is 6.37. The van der Waals surface area contributed by atoms with Gasteiger partial charge in [-0.3, -0.25) is 19.1 Å². The Morgan fingerprint density at radius 1 is 1.62 bits per heavy atom. The average Bonchev–Trinajstić information content (AvgIpc) is 2.93. The van der Waals surface area contributed by atoms with Crippen LogP contribution in [0.4, 0.5) is 0 Å². The molecule has 2 atom stereocenters. The molecule has 1 aliphatic rings. The number of esters is 1. The summed E-state index contributed by atoms with van der Waals surface area (Å²) >= 11 is 4.87. The molecule has 3 N–H and O–H groups in total. The smallest absolute Gasteiger partial charge is 0.328 e. The minimum absolute atomic E-state index is 0.0880. The number of nitrogens with one attached hydrogen (secondary N) is 1. The molecule has 8 nitrogen and oxygen atoms in total. The maximum absolute atomic E-state index is 11.9. The highest BCUT2D eigenvalue weighted by molar-refractivity contribution is 7.71. The fourth-order valence-corrected chi connectivity index (χ4v) is 2.25. The van der Waals surface area contributed by atoms with Gasteiger partial charge in [0.2, 0.25) is 0 Å². The number of rotatable bonds is 5. The Morgan fingerprint density at radius 3 is 3.05 bits per heavy atom. The van der Waals surface area contributed by atoms with Crippen molar-refractivity contribution in [3.8, 4) is 0 Å². The lowest BCUT2D eigenvalue weighted by atomic mass is 10.2. The lowest BCUT2D eigenvalue weighted by Crippen LogP contribution is -2.29. The molecule has 21 heavy (non-hydrogen) atoms. The maximum Gasteiger partial charge on any atom is 0.328 e. The van der Waals surface area contributed by atoms with Crippen LogP contribution in [0.3, 0.4) is 0 Å². The van der Waals surface area contributed by atoms with Crippen molar-refractivity contribution in [1.29, 1.82) is 0 Å². The number of aromatic nitrogens is 2. The number of nitrogens with two attached hydrogens (primary N) is 1. The van der Waals surface area contributed by atoms with Gasteiger partial charge in [0, 0.05) is 6.20 Å². The number of H-pyrrole nitrogens is 1. The summed E-state index contributed by atoms with van der Waals surface area (Å²) in [5, 5.41) is 0. The summed E-state index contributed by atoms with van der Waals surface area (Å²) in [5.74, 6) is -0.508. The quantitative estimate of drug-likeness (QED) is 0.443.